The normalized spacial score (nSPS) is 15.0. The maximum Gasteiger partial charge on any atom is 0.104 e. The van der Waals surface area contributed by atoms with E-state index in [4.69, 9.17) is 0 Å². The maximum atomic E-state index is 4.16. The Morgan fingerprint density at radius 2 is 0.776 bits per heavy atom. The highest BCUT2D eigenvalue weighted by Gasteiger charge is 2.31. The molecule has 1 aliphatic heterocycles. The van der Waals surface area contributed by atoms with Gasteiger partial charge in [-0.1, -0.05) is 176 Å². The van der Waals surface area contributed by atoms with Crippen LogP contribution < -0.4 is 10.6 Å². The molecule has 0 saturated heterocycles. The summed E-state index contributed by atoms with van der Waals surface area (Å²) in [6.45, 7) is 0. The number of aromatic nitrogens is 4. The molecule has 2 atom stereocenters. The number of benzene rings is 11. The van der Waals surface area contributed by atoms with Crippen molar-refractivity contribution in [3.63, 3.8) is 0 Å². The molecule has 16 rings (SSSR count). The Morgan fingerprint density at radius 1 is 0.303 bits per heavy atom. The molecule has 4 aromatic heterocycles. The SMILES string of the molecule is C1=C(c2ccccc2)NC(c2ccccc2)NC1c1cc2c3cc(-n4c5ccccc5c5ccc6c(c7ccccc7n6-c6ccccc6)c54)ccc3n(-c3ccccc3)c2c2c3ccccc3n(-c3ccccc3)c12. The van der Waals surface area contributed by atoms with Crippen LogP contribution in [0, 0.1) is 0 Å². The Kier molecular flexibility index (Phi) is 9.44. The fraction of sp³-hybridized carbons (Fsp3) is 0.0286. The Labute approximate surface area is 438 Å². The lowest BCUT2D eigenvalue weighted by molar-refractivity contribution is 0.444. The van der Waals surface area contributed by atoms with E-state index in [2.05, 4.69) is 296 Å². The van der Waals surface area contributed by atoms with E-state index in [9.17, 15) is 0 Å². The molecule has 6 heteroatoms. The van der Waals surface area contributed by atoms with Crippen LogP contribution >= 0.6 is 0 Å². The van der Waals surface area contributed by atoms with E-state index in [1.54, 1.807) is 0 Å². The van der Waals surface area contributed by atoms with Gasteiger partial charge in [0.1, 0.15) is 6.17 Å². The molecule has 0 amide bonds. The molecule has 358 valence electrons. The monoisotopic (exact) mass is 972 g/mol. The van der Waals surface area contributed by atoms with Crippen LogP contribution in [0.2, 0.25) is 0 Å². The molecule has 1 aliphatic rings. The van der Waals surface area contributed by atoms with Crippen LogP contribution in [-0.4, -0.2) is 18.3 Å². The zero-order valence-corrected chi connectivity index (χ0v) is 41.3. The van der Waals surface area contributed by atoms with Crippen LogP contribution in [0.25, 0.3) is 116 Å². The van der Waals surface area contributed by atoms with Gasteiger partial charge in [0.15, 0.2) is 0 Å². The lowest BCUT2D eigenvalue weighted by Gasteiger charge is -2.33. The second-order valence-electron chi connectivity index (χ2n) is 20.1. The second kappa shape index (κ2) is 16.8. The predicted octanol–water partition coefficient (Wildman–Crippen LogP) is 17.0. The van der Waals surface area contributed by atoms with Gasteiger partial charge in [-0.25, -0.2) is 0 Å². The van der Waals surface area contributed by atoms with E-state index in [0.717, 1.165) is 45.0 Å². The third-order valence-electron chi connectivity index (χ3n) is 16.0. The molecular weight excluding hydrogens is 925 g/mol. The van der Waals surface area contributed by atoms with E-state index in [1.807, 2.05) is 0 Å². The smallest absolute Gasteiger partial charge is 0.104 e. The minimum absolute atomic E-state index is 0.163. The van der Waals surface area contributed by atoms with E-state index >= 15 is 0 Å². The minimum Gasteiger partial charge on any atom is -0.366 e. The molecule has 76 heavy (non-hydrogen) atoms. The average Bonchev–Trinajstić information content (AvgIpc) is 4.33. The van der Waals surface area contributed by atoms with E-state index < -0.39 is 0 Å². The topological polar surface area (TPSA) is 43.8 Å². The molecule has 0 fully saturated rings. The van der Waals surface area contributed by atoms with Crippen molar-refractivity contribution < 1.29 is 0 Å². The van der Waals surface area contributed by atoms with Crippen molar-refractivity contribution in [3.8, 4) is 22.7 Å². The summed E-state index contributed by atoms with van der Waals surface area (Å²) in [7, 11) is 0. The molecule has 5 heterocycles. The highest BCUT2D eigenvalue weighted by Crippen LogP contribution is 2.48. The summed E-state index contributed by atoms with van der Waals surface area (Å²) in [6.07, 6.45) is 2.24. The van der Waals surface area contributed by atoms with Crippen molar-refractivity contribution >= 4 is 92.9 Å². The Morgan fingerprint density at radius 3 is 1.43 bits per heavy atom. The van der Waals surface area contributed by atoms with Gasteiger partial charge in [-0.05, 0) is 108 Å². The van der Waals surface area contributed by atoms with Crippen molar-refractivity contribution in [1.29, 1.82) is 0 Å². The Bertz CT molecular complexity index is 4790. The Hall–Kier alpha value is -9.88. The molecule has 15 aromatic rings. The van der Waals surface area contributed by atoms with Crippen LogP contribution in [0.3, 0.4) is 0 Å². The highest BCUT2D eigenvalue weighted by molar-refractivity contribution is 6.29. The maximum absolute atomic E-state index is 4.16. The van der Waals surface area contributed by atoms with Gasteiger partial charge < -0.3 is 23.6 Å². The van der Waals surface area contributed by atoms with E-state index in [0.29, 0.717) is 0 Å². The first-order valence-electron chi connectivity index (χ1n) is 26.3. The number of rotatable bonds is 7. The van der Waals surface area contributed by atoms with Gasteiger partial charge >= 0.3 is 0 Å². The van der Waals surface area contributed by atoms with Gasteiger partial charge in [0.05, 0.1) is 50.2 Å². The van der Waals surface area contributed by atoms with E-state index in [-0.39, 0.29) is 12.2 Å². The van der Waals surface area contributed by atoms with Crippen molar-refractivity contribution in [2.75, 3.05) is 0 Å². The fourth-order valence-corrected chi connectivity index (χ4v) is 12.8. The summed E-state index contributed by atoms with van der Waals surface area (Å²) in [6, 6.07) is 95.1. The molecular formula is C70H48N6. The predicted molar refractivity (Wildman–Crippen MR) is 316 cm³/mol. The average molecular weight is 973 g/mol. The molecule has 2 unspecified atom stereocenters. The lowest BCUT2D eigenvalue weighted by atomic mass is 9.94. The first-order valence-corrected chi connectivity index (χ1v) is 26.3. The quantitative estimate of drug-likeness (QED) is 0.167. The molecule has 0 radical (unpaired) electrons. The van der Waals surface area contributed by atoms with Crippen LogP contribution in [0.5, 0.6) is 0 Å². The molecule has 11 aromatic carbocycles. The minimum atomic E-state index is -0.203. The van der Waals surface area contributed by atoms with Gasteiger partial charge in [-0.15, -0.1) is 0 Å². The van der Waals surface area contributed by atoms with Gasteiger partial charge in [0, 0.05) is 71.5 Å². The molecule has 0 saturated carbocycles. The van der Waals surface area contributed by atoms with Gasteiger partial charge in [0.2, 0.25) is 0 Å². The summed E-state index contributed by atoms with van der Waals surface area (Å²) in [5, 5.41) is 17.8. The number of hydrogen-bond donors (Lipinski definition) is 2. The largest absolute Gasteiger partial charge is 0.366 e. The van der Waals surface area contributed by atoms with Crippen molar-refractivity contribution in [3.05, 3.63) is 284 Å². The number of fused-ring (bicyclic) bond motifs is 14. The fourth-order valence-electron chi connectivity index (χ4n) is 12.8. The molecule has 0 bridgehead atoms. The summed E-state index contributed by atoms with van der Waals surface area (Å²) < 4.78 is 9.99. The summed E-state index contributed by atoms with van der Waals surface area (Å²) in [5.41, 5.74) is 18.5. The third kappa shape index (κ3) is 6.32. The number of nitrogens with zero attached hydrogens (tertiary/aromatic N) is 4. The zero-order valence-electron chi connectivity index (χ0n) is 41.3. The molecule has 6 nitrogen and oxygen atoms in total. The van der Waals surface area contributed by atoms with Crippen LogP contribution in [0.1, 0.15) is 28.9 Å². The highest BCUT2D eigenvalue weighted by atomic mass is 15.2. The van der Waals surface area contributed by atoms with Gasteiger partial charge in [-0.3, -0.25) is 5.32 Å². The summed E-state index contributed by atoms with van der Waals surface area (Å²) in [4.78, 5) is 0. The third-order valence-corrected chi connectivity index (χ3v) is 16.0. The van der Waals surface area contributed by atoms with Crippen LogP contribution in [-0.2, 0) is 0 Å². The van der Waals surface area contributed by atoms with Crippen LogP contribution in [0.15, 0.2) is 267 Å². The van der Waals surface area contributed by atoms with Gasteiger partial charge in [0.25, 0.3) is 0 Å². The van der Waals surface area contributed by atoms with Crippen molar-refractivity contribution in [2.24, 2.45) is 0 Å². The first-order chi connectivity index (χ1) is 37.7. The first kappa shape index (κ1) is 42.6. The molecule has 0 spiro atoms. The number of para-hydroxylation sites is 6. The van der Waals surface area contributed by atoms with Gasteiger partial charge in [-0.2, -0.15) is 0 Å². The van der Waals surface area contributed by atoms with Crippen LogP contribution in [0.4, 0.5) is 0 Å². The van der Waals surface area contributed by atoms with Crippen molar-refractivity contribution in [1.82, 2.24) is 28.9 Å². The lowest BCUT2D eigenvalue weighted by Crippen LogP contribution is -2.39. The summed E-state index contributed by atoms with van der Waals surface area (Å²) >= 11 is 0. The second-order valence-corrected chi connectivity index (χ2v) is 20.1. The van der Waals surface area contributed by atoms with Crippen molar-refractivity contribution in [2.45, 2.75) is 12.2 Å². The summed E-state index contributed by atoms with van der Waals surface area (Å²) in [5.74, 6) is 0. The molecule has 2 N–H and O–H groups in total. The van der Waals surface area contributed by atoms with E-state index in [1.165, 1.54) is 87.3 Å². The number of nitrogens with one attached hydrogen (secondary N) is 2. The number of hydrogen-bond acceptors (Lipinski definition) is 2. The Balaban J connectivity index is 1.05. The standard InChI is InChI=1S/C70H48N6/c1-6-22-45(23-7-1)58-44-59(72-70(71-58)46-24-8-2-9-25-46)57-43-56-55-42-50(76-60-35-19-16-32-51(60)52-39-41-64-65(67(52)76)53-33-17-20-36-61(53)73(64)47-26-10-3-11-27-47)38-40-63(55)75(49-30-14-5-15-31-49)68(56)66-54-34-18-21-37-62(54)74(69(57)66)48-28-12-4-13-29-48/h1-44,59,70-72H. The zero-order chi connectivity index (χ0) is 49.8. The molecule has 0 aliphatic carbocycles.